The van der Waals surface area contributed by atoms with Crippen molar-refractivity contribution in [3.8, 4) is 5.75 Å². The van der Waals surface area contributed by atoms with Gasteiger partial charge in [0.25, 0.3) is 0 Å². The molecule has 1 fully saturated rings. The van der Waals surface area contributed by atoms with Crippen LogP contribution in [0.4, 0.5) is 4.39 Å². The van der Waals surface area contributed by atoms with Crippen molar-refractivity contribution in [3.05, 3.63) is 30.1 Å². The maximum Gasteiger partial charge on any atom is 0.191 e. The molecule has 0 aromatic heterocycles. The van der Waals surface area contributed by atoms with Gasteiger partial charge in [-0.25, -0.2) is 4.39 Å². The van der Waals surface area contributed by atoms with E-state index in [0.29, 0.717) is 18.3 Å². The summed E-state index contributed by atoms with van der Waals surface area (Å²) in [7, 11) is 3.91. The molecule has 23 heavy (non-hydrogen) atoms. The van der Waals surface area contributed by atoms with E-state index in [9.17, 15) is 4.39 Å². The second kappa shape index (κ2) is 8.72. The molecule has 2 atom stereocenters. The first-order chi connectivity index (χ1) is 11.1. The van der Waals surface area contributed by atoms with Gasteiger partial charge in [0.15, 0.2) is 5.96 Å². The predicted octanol–water partition coefficient (Wildman–Crippen LogP) is 1.85. The molecule has 6 heteroatoms. The molecule has 2 rings (SSSR count). The average molecular weight is 322 g/mol. The van der Waals surface area contributed by atoms with Crippen LogP contribution >= 0.6 is 0 Å². The smallest absolute Gasteiger partial charge is 0.191 e. The van der Waals surface area contributed by atoms with Gasteiger partial charge < -0.3 is 20.3 Å². The Labute approximate surface area is 137 Å². The lowest BCUT2D eigenvalue weighted by Crippen LogP contribution is -2.46. The van der Waals surface area contributed by atoms with Crippen molar-refractivity contribution in [2.24, 2.45) is 4.99 Å². The summed E-state index contributed by atoms with van der Waals surface area (Å²) in [5, 5.41) is 6.60. The number of nitrogens with one attached hydrogen (secondary N) is 2. The lowest BCUT2D eigenvalue weighted by Gasteiger charge is -2.22. The first kappa shape index (κ1) is 17.5. The first-order valence-corrected chi connectivity index (χ1v) is 8.15. The lowest BCUT2D eigenvalue weighted by atomic mass is 10.2. The average Bonchev–Trinajstić information content (AvgIpc) is 2.93. The van der Waals surface area contributed by atoms with Crippen molar-refractivity contribution in [1.29, 1.82) is 0 Å². The molecule has 2 unspecified atom stereocenters. The number of benzene rings is 1. The number of guanidine groups is 1. The number of hydrogen-bond acceptors (Lipinski definition) is 3. The van der Waals surface area contributed by atoms with Crippen LogP contribution in [0.3, 0.4) is 0 Å². The lowest BCUT2D eigenvalue weighted by molar-refractivity contribution is 0.223. The molecule has 1 aliphatic heterocycles. The highest BCUT2D eigenvalue weighted by Crippen LogP contribution is 2.14. The monoisotopic (exact) mass is 322 g/mol. The minimum Gasteiger partial charge on any atom is -0.489 e. The summed E-state index contributed by atoms with van der Waals surface area (Å²) < 4.78 is 18.8. The van der Waals surface area contributed by atoms with Crippen LogP contribution in [0.2, 0.25) is 0 Å². The summed E-state index contributed by atoms with van der Waals surface area (Å²) in [5.41, 5.74) is 0. The van der Waals surface area contributed by atoms with E-state index in [1.807, 2.05) is 6.92 Å². The summed E-state index contributed by atoms with van der Waals surface area (Å²) in [4.78, 5) is 6.60. The van der Waals surface area contributed by atoms with E-state index in [0.717, 1.165) is 19.0 Å². The molecular formula is C17H27FN4O. The fourth-order valence-electron chi connectivity index (χ4n) is 2.73. The van der Waals surface area contributed by atoms with E-state index < -0.39 is 0 Å². The number of likely N-dealkylation sites (N-methyl/N-ethyl adjacent to an activating group) is 1. The van der Waals surface area contributed by atoms with Crippen molar-refractivity contribution >= 4 is 5.96 Å². The molecule has 0 bridgehead atoms. The number of hydrogen-bond donors (Lipinski definition) is 2. The van der Waals surface area contributed by atoms with Gasteiger partial charge in [0.2, 0.25) is 0 Å². The van der Waals surface area contributed by atoms with Crippen LogP contribution in [-0.4, -0.2) is 56.7 Å². The largest absolute Gasteiger partial charge is 0.489 e. The third-order valence-corrected chi connectivity index (χ3v) is 4.09. The van der Waals surface area contributed by atoms with Gasteiger partial charge >= 0.3 is 0 Å². The highest BCUT2D eigenvalue weighted by molar-refractivity contribution is 5.79. The van der Waals surface area contributed by atoms with Crippen LogP contribution in [0.5, 0.6) is 5.75 Å². The van der Waals surface area contributed by atoms with Gasteiger partial charge in [-0.05, 0) is 45.5 Å². The molecule has 0 aliphatic carbocycles. The first-order valence-electron chi connectivity index (χ1n) is 8.15. The standard InChI is InChI=1S/C17H27FN4O/c1-13(23-16-8-4-6-14(18)10-16)11-20-17(19-2)21-12-15-7-5-9-22(15)3/h4,6,8,10,13,15H,5,7,9,11-12H2,1-3H3,(H2,19,20,21). The zero-order chi connectivity index (χ0) is 16.7. The highest BCUT2D eigenvalue weighted by atomic mass is 19.1. The summed E-state index contributed by atoms with van der Waals surface area (Å²) in [6.45, 7) is 4.58. The van der Waals surface area contributed by atoms with Gasteiger partial charge in [0, 0.05) is 25.7 Å². The Morgan fingerprint density at radius 1 is 1.48 bits per heavy atom. The van der Waals surface area contributed by atoms with Gasteiger partial charge in [-0.15, -0.1) is 0 Å². The van der Waals surface area contributed by atoms with E-state index in [1.54, 1.807) is 19.2 Å². The molecule has 5 nitrogen and oxygen atoms in total. The molecule has 0 amide bonds. The molecule has 2 N–H and O–H groups in total. The second-order valence-electron chi connectivity index (χ2n) is 6.00. The van der Waals surface area contributed by atoms with E-state index >= 15 is 0 Å². The zero-order valence-electron chi connectivity index (χ0n) is 14.2. The van der Waals surface area contributed by atoms with E-state index in [-0.39, 0.29) is 11.9 Å². The van der Waals surface area contributed by atoms with Gasteiger partial charge in [0.05, 0.1) is 6.54 Å². The Morgan fingerprint density at radius 2 is 2.30 bits per heavy atom. The Morgan fingerprint density at radius 3 is 2.96 bits per heavy atom. The second-order valence-corrected chi connectivity index (χ2v) is 6.00. The summed E-state index contributed by atoms with van der Waals surface area (Å²) in [6, 6.07) is 6.75. The molecule has 1 saturated heterocycles. The zero-order valence-corrected chi connectivity index (χ0v) is 14.2. The maximum absolute atomic E-state index is 13.1. The van der Waals surface area contributed by atoms with Gasteiger partial charge in [-0.2, -0.15) is 0 Å². The number of ether oxygens (including phenoxy) is 1. The number of halogens is 1. The van der Waals surface area contributed by atoms with E-state index in [4.69, 9.17) is 4.74 Å². The quantitative estimate of drug-likeness (QED) is 0.620. The Bertz CT molecular complexity index is 523. The van der Waals surface area contributed by atoms with Crippen molar-refractivity contribution in [3.63, 3.8) is 0 Å². The van der Waals surface area contributed by atoms with Crippen molar-refractivity contribution in [2.75, 3.05) is 33.7 Å². The third kappa shape index (κ3) is 5.71. The fourth-order valence-corrected chi connectivity index (χ4v) is 2.73. The number of rotatable bonds is 6. The van der Waals surface area contributed by atoms with E-state index in [2.05, 4.69) is 27.6 Å². The SMILES string of the molecule is CN=C(NCC(C)Oc1cccc(F)c1)NCC1CCCN1C. The normalized spacial score (nSPS) is 20.3. The Kier molecular flexibility index (Phi) is 6.65. The summed E-state index contributed by atoms with van der Waals surface area (Å²) in [5.74, 6) is 1.01. The van der Waals surface area contributed by atoms with Gasteiger partial charge in [-0.3, -0.25) is 4.99 Å². The maximum atomic E-state index is 13.1. The molecule has 0 spiro atoms. The van der Waals surface area contributed by atoms with Crippen LogP contribution in [0, 0.1) is 5.82 Å². The fraction of sp³-hybridized carbons (Fsp3) is 0.588. The molecule has 0 radical (unpaired) electrons. The molecule has 1 aliphatic rings. The topological polar surface area (TPSA) is 48.9 Å². The Hall–Kier alpha value is -1.82. The van der Waals surface area contributed by atoms with Crippen LogP contribution in [-0.2, 0) is 0 Å². The summed E-state index contributed by atoms with van der Waals surface area (Å²) >= 11 is 0. The number of likely N-dealkylation sites (tertiary alicyclic amines) is 1. The van der Waals surface area contributed by atoms with Crippen molar-refractivity contribution in [1.82, 2.24) is 15.5 Å². The van der Waals surface area contributed by atoms with Crippen LogP contribution < -0.4 is 15.4 Å². The number of nitrogens with zero attached hydrogens (tertiary/aromatic N) is 2. The summed E-state index contributed by atoms with van der Waals surface area (Å²) in [6.07, 6.45) is 2.39. The minimum atomic E-state index is -0.291. The molecule has 1 aromatic carbocycles. The van der Waals surface area contributed by atoms with Gasteiger partial charge in [-0.1, -0.05) is 6.07 Å². The van der Waals surface area contributed by atoms with Gasteiger partial charge in [0.1, 0.15) is 17.7 Å². The molecular weight excluding hydrogens is 295 g/mol. The van der Waals surface area contributed by atoms with Crippen LogP contribution in [0.1, 0.15) is 19.8 Å². The van der Waals surface area contributed by atoms with Crippen LogP contribution in [0.15, 0.2) is 29.3 Å². The molecule has 1 aromatic rings. The van der Waals surface area contributed by atoms with Crippen LogP contribution in [0.25, 0.3) is 0 Å². The molecule has 1 heterocycles. The van der Waals surface area contributed by atoms with E-state index in [1.165, 1.54) is 25.0 Å². The van der Waals surface area contributed by atoms with Crippen molar-refractivity contribution in [2.45, 2.75) is 31.9 Å². The van der Waals surface area contributed by atoms with Crippen molar-refractivity contribution < 1.29 is 9.13 Å². The predicted molar refractivity (Wildman–Crippen MR) is 91.5 cm³/mol. The minimum absolute atomic E-state index is 0.0931. The highest BCUT2D eigenvalue weighted by Gasteiger charge is 2.20. The third-order valence-electron chi connectivity index (χ3n) is 4.09. The molecule has 128 valence electrons. The Balaban J connectivity index is 1.72. The number of aliphatic imine (C=N–C) groups is 1. The molecule has 0 saturated carbocycles.